The average molecular weight is 962 g/mol. The number of nitrogens with zero attached hydrogens (tertiary/aromatic N) is 6. The van der Waals surface area contributed by atoms with E-state index in [-0.39, 0.29) is 34.2 Å². The second-order valence-corrected chi connectivity index (χ2v) is 18.9. The molecule has 11 aromatic rings. The van der Waals surface area contributed by atoms with Crippen LogP contribution in [0.15, 0.2) is 127 Å². The van der Waals surface area contributed by atoms with E-state index in [1.54, 1.807) is 6.07 Å². The fraction of sp³-hybridized carbons (Fsp3) is 0.267. The normalized spacial score (nSPS) is 12.6. The third-order valence-electron chi connectivity index (χ3n) is 14.0. The number of phenolic OH excluding ortho intramolecular Hbond substituents is 2. The van der Waals surface area contributed by atoms with Gasteiger partial charge in [-0.3, -0.25) is 0 Å². The van der Waals surface area contributed by atoms with E-state index >= 15 is 0 Å². The van der Waals surface area contributed by atoms with Crippen LogP contribution in [-0.4, -0.2) is 53.3 Å². The van der Waals surface area contributed by atoms with E-state index in [1.165, 1.54) is 68.1 Å². The van der Waals surface area contributed by atoms with Gasteiger partial charge in [-0.15, -0.1) is 0 Å². The first-order valence-electron chi connectivity index (χ1n) is 25.0. The molecule has 2 atom stereocenters. The molecule has 2 heterocycles. The summed E-state index contributed by atoms with van der Waals surface area (Å²) in [6.45, 7) is 9.84. The summed E-state index contributed by atoms with van der Waals surface area (Å²) in [5.74, 6) is 1.80. The second kappa shape index (κ2) is 20.9. The second-order valence-electron chi connectivity index (χ2n) is 18.5. The maximum atomic E-state index is 10.6. The van der Waals surface area contributed by atoms with Crippen LogP contribution in [0, 0.1) is 11.8 Å². The molecule has 0 fully saturated rings. The molecule has 10 nitrogen and oxygen atoms in total. The minimum absolute atomic E-state index is 0.108. The molecule has 358 valence electrons. The molecule has 0 bridgehead atoms. The summed E-state index contributed by atoms with van der Waals surface area (Å²) in [6, 6.07) is 43.3. The maximum Gasteiger partial charge on any atom is 0.321 e. The van der Waals surface area contributed by atoms with Gasteiger partial charge in [0.1, 0.15) is 17.1 Å². The van der Waals surface area contributed by atoms with Crippen LogP contribution in [0.4, 0.5) is 0 Å². The van der Waals surface area contributed by atoms with Gasteiger partial charge in [-0.05, 0) is 125 Å². The number of aromatic nitrogens is 6. The Kier molecular flexibility index (Phi) is 13.9. The molecule has 0 aliphatic carbocycles. The summed E-state index contributed by atoms with van der Waals surface area (Å²) in [6.07, 6.45) is 8.96. The average Bonchev–Trinajstić information content (AvgIpc) is 3.39. The van der Waals surface area contributed by atoms with Gasteiger partial charge in [0.05, 0.1) is 13.2 Å². The smallest absolute Gasteiger partial charge is 0.321 e. The van der Waals surface area contributed by atoms with Crippen LogP contribution in [0.1, 0.15) is 79.1 Å². The first kappa shape index (κ1) is 47.3. The van der Waals surface area contributed by atoms with E-state index in [0.717, 1.165) is 71.2 Å². The summed E-state index contributed by atoms with van der Waals surface area (Å²) < 4.78 is 12.1. The lowest BCUT2D eigenvalue weighted by Gasteiger charge is -2.16. The van der Waals surface area contributed by atoms with Gasteiger partial charge < -0.3 is 19.7 Å². The van der Waals surface area contributed by atoms with E-state index in [0.29, 0.717) is 42.7 Å². The number of hydrogen-bond acceptors (Lipinski definition) is 10. The maximum absolute atomic E-state index is 10.6. The highest BCUT2D eigenvalue weighted by molar-refractivity contribution is 6.29. The Morgan fingerprint density at radius 3 is 1.30 bits per heavy atom. The van der Waals surface area contributed by atoms with Crippen molar-refractivity contribution in [2.24, 2.45) is 11.8 Å². The summed E-state index contributed by atoms with van der Waals surface area (Å²) >= 11 is 6.29. The van der Waals surface area contributed by atoms with Gasteiger partial charge in [-0.1, -0.05) is 169 Å². The van der Waals surface area contributed by atoms with E-state index in [9.17, 15) is 10.2 Å². The van der Waals surface area contributed by atoms with E-state index in [1.807, 2.05) is 6.07 Å². The minimum atomic E-state index is -0.108. The van der Waals surface area contributed by atoms with Gasteiger partial charge in [0, 0.05) is 11.1 Å². The lowest BCUT2D eigenvalue weighted by molar-refractivity contribution is 0.217. The number of halogens is 1. The number of hydrogen-bond donors (Lipinski definition) is 2. The summed E-state index contributed by atoms with van der Waals surface area (Å²) in [5, 5.41) is 35.5. The highest BCUT2D eigenvalue weighted by Crippen LogP contribution is 2.42. The topological polar surface area (TPSA) is 136 Å². The van der Waals surface area contributed by atoms with Crippen molar-refractivity contribution < 1.29 is 19.7 Å². The predicted octanol–water partition coefficient (Wildman–Crippen LogP) is 15.8. The summed E-state index contributed by atoms with van der Waals surface area (Å²) in [4.78, 5) is 27.4. The molecule has 0 spiro atoms. The van der Waals surface area contributed by atoms with Crippen LogP contribution >= 0.6 is 11.6 Å². The Morgan fingerprint density at radius 2 is 0.831 bits per heavy atom. The van der Waals surface area contributed by atoms with Crippen molar-refractivity contribution in [1.82, 2.24) is 29.9 Å². The van der Waals surface area contributed by atoms with Crippen molar-refractivity contribution in [2.45, 2.75) is 79.1 Å². The third kappa shape index (κ3) is 9.61. The van der Waals surface area contributed by atoms with Crippen molar-refractivity contribution in [3.8, 4) is 57.7 Å². The number of phenols is 2. The lowest BCUT2D eigenvalue weighted by atomic mass is 9.92. The van der Waals surface area contributed by atoms with Gasteiger partial charge in [0.2, 0.25) is 5.28 Å². The first-order chi connectivity index (χ1) is 34.7. The van der Waals surface area contributed by atoms with Gasteiger partial charge >= 0.3 is 12.0 Å². The lowest BCUT2D eigenvalue weighted by Crippen LogP contribution is -2.13. The van der Waals surface area contributed by atoms with Crippen LogP contribution in [0.3, 0.4) is 0 Å². The van der Waals surface area contributed by atoms with E-state index in [2.05, 4.69) is 151 Å². The zero-order chi connectivity index (χ0) is 49.0. The van der Waals surface area contributed by atoms with E-state index in [4.69, 9.17) is 31.0 Å². The molecular formula is C60H57ClN6O4. The molecule has 0 amide bonds. The largest absolute Gasteiger partial charge is 0.507 e. The van der Waals surface area contributed by atoms with Gasteiger partial charge in [0.25, 0.3) is 0 Å². The molecule has 2 N–H and O–H groups in total. The van der Waals surface area contributed by atoms with Crippen molar-refractivity contribution in [3.63, 3.8) is 0 Å². The Hall–Kier alpha value is -7.43. The van der Waals surface area contributed by atoms with Gasteiger partial charge in [-0.25, -0.2) is 4.98 Å². The van der Waals surface area contributed by atoms with Crippen molar-refractivity contribution in [3.05, 3.63) is 133 Å². The summed E-state index contributed by atoms with van der Waals surface area (Å²) in [7, 11) is 0. The van der Waals surface area contributed by atoms with Crippen molar-refractivity contribution >= 4 is 76.2 Å². The molecule has 11 heteroatoms. The van der Waals surface area contributed by atoms with E-state index < -0.39 is 0 Å². The third-order valence-corrected chi connectivity index (χ3v) is 14.1. The summed E-state index contributed by atoms with van der Waals surface area (Å²) in [5.41, 5.74) is 1.92. The Bertz CT molecular complexity index is 3590. The van der Waals surface area contributed by atoms with Crippen molar-refractivity contribution in [1.29, 1.82) is 0 Å². The van der Waals surface area contributed by atoms with Crippen molar-refractivity contribution in [2.75, 3.05) is 13.2 Å². The van der Waals surface area contributed by atoms with Gasteiger partial charge in [-0.2, -0.15) is 24.9 Å². The van der Waals surface area contributed by atoms with Crippen LogP contribution in [0.2, 0.25) is 5.28 Å². The molecule has 0 saturated carbocycles. The molecule has 0 saturated heterocycles. The fourth-order valence-electron chi connectivity index (χ4n) is 9.97. The molecule has 71 heavy (non-hydrogen) atoms. The van der Waals surface area contributed by atoms with Crippen LogP contribution in [-0.2, 0) is 0 Å². The molecule has 0 aliphatic heterocycles. The zero-order valence-electron chi connectivity index (χ0n) is 40.6. The predicted molar refractivity (Wildman–Crippen MR) is 289 cm³/mol. The highest BCUT2D eigenvalue weighted by atomic mass is 35.5. The van der Waals surface area contributed by atoms with Crippen LogP contribution in [0.5, 0.6) is 23.5 Å². The number of benzene rings is 9. The number of rotatable bonds is 17. The molecule has 2 unspecified atom stereocenters. The number of unbranched alkanes of at least 4 members (excludes halogenated alkanes) is 2. The SMILES string of the molecule is CCCCC(CC)COc1nc(-c2c(O)cccc2O)nc(-c2ccc3ccc4cccc5ccc2c3c45)n1.CCCCC(CC)COc1nc(Cl)nc(-c2ccc3ccc4cccc5ccc2c3c45)n1. The Morgan fingerprint density at radius 1 is 0.437 bits per heavy atom. The molecule has 0 aliphatic rings. The molecule has 2 aromatic heterocycles. The van der Waals surface area contributed by atoms with Crippen LogP contribution < -0.4 is 9.47 Å². The number of ether oxygens (including phenoxy) is 2. The molecule has 11 rings (SSSR count). The molecule has 0 radical (unpaired) electrons. The monoisotopic (exact) mass is 960 g/mol. The Balaban J connectivity index is 0.000000167. The van der Waals surface area contributed by atoms with Crippen LogP contribution in [0.25, 0.3) is 98.8 Å². The molecule has 9 aromatic carbocycles. The fourth-order valence-corrected chi connectivity index (χ4v) is 10.1. The quantitative estimate of drug-likeness (QED) is 0.0849. The number of aromatic hydroxyl groups is 2. The molecular weight excluding hydrogens is 904 g/mol. The first-order valence-corrected chi connectivity index (χ1v) is 25.4. The standard InChI is InChI=1S/C33H31N3O3.C27H26ClN3O/c1-3-5-8-20(4-2)19-39-33-35-31(34-32(36-33)30-26(37)11-7-12-27(30)38)25-18-16-23-14-13-21-9-6-10-22-15-17-24(25)29(23)28(21)22;1-3-5-7-17(4-2)16-32-27-30-25(29-26(28)31-27)22-15-13-20-11-10-18-8-6-9-19-12-14-21(22)24(20)23(18)19/h6-7,9-18,20,37-38H,3-5,8,19H2,1-2H3;6,8-15,17H,3-5,7,16H2,1-2H3. The Labute approximate surface area is 418 Å². The minimum Gasteiger partial charge on any atom is -0.507 e. The highest BCUT2D eigenvalue weighted by Gasteiger charge is 2.22. The zero-order valence-corrected chi connectivity index (χ0v) is 41.4. The van der Waals surface area contributed by atoms with Gasteiger partial charge in [0.15, 0.2) is 17.5 Å².